The Kier molecular flexibility index (Phi) is 3.43. The predicted molar refractivity (Wildman–Crippen MR) is 65.1 cm³/mol. The van der Waals surface area contributed by atoms with Crippen LogP contribution >= 0.6 is 0 Å². The highest BCUT2D eigenvalue weighted by Crippen LogP contribution is 2.16. The van der Waals surface area contributed by atoms with E-state index in [0.717, 1.165) is 6.42 Å². The summed E-state index contributed by atoms with van der Waals surface area (Å²) in [4.78, 5) is 7.95. The molecule has 17 heavy (non-hydrogen) atoms. The lowest BCUT2D eigenvalue weighted by Gasteiger charge is -2.23. The van der Waals surface area contributed by atoms with Crippen LogP contribution in [0.15, 0.2) is 12.3 Å². The van der Waals surface area contributed by atoms with E-state index in [4.69, 9.17) is 5.84 Å². The van der Waals surface area contributed by atoms with Gasteiger partial charge in [-0.3, -0.25) is 5.43 Å². The van der Waals surface area contributed by atoms with E-state index in [9.17, 15) is 8.42 Å². The minimum Gasteiger partial charge on any atom is -0.366 e. The molecule has 1 fully saturated rings. The van der Waals surface area contributed by atoms with Gasteiger partial charge in [0.25, 0.3) is 0 Å². The molecule has 8 heteroatoms. The molecule has 0 spiro atoms. The molecule has 0 bridgehead atoms. The number of rotatable bonds is 3. The van der Waals surface area contributed by atoms with E-state index in [0.29, 0.717) is 18.2 Å². The van der Waals surface area contributed by atoms with Crippen molar-refractivity contribution in [2.75, 3.05) is 22.2 Å². The minimum atomic E-state index is -2.91. The highest BCUT2D eigenvalue weighted by molar-refractivity contribution is 7.91. The molecule has 94 valence electrons. The maximum absolute atomic E-state index is 11.5. The number of nitrogens with two attached hydrogens (primary N) is 1. The maximum atomic E-state index is 11.5. The Hall–Kier alpha value is -1.41. The predicted octanol–water partition coefficient (Wildman–Crippen LogP) is -0.249. The van der Waals surface area contributed by atoms with Crippen LogP contribution in [0, 0.1) is 0 Å². The summed E-state index contributed by atoms with van der Waals surface area (Å²) in [5.41, 5.74) is 2.34. The van der Waals surface area contributed by atoms with E-state index in [1.54, 1.807) is 12.3 Å². The van der Waals surface area contributed by atoms with Gasteiger partial charge in [0, 0.05) is 12.2 Å². The number of sulfone groups is 1. The Morgan fingerprint density at radius 3 is 3.00 bits per heavy atom. The lowest BCUT2D eigenvalue weighted by Crippen LogP contribution is -2.35. The van der Waals surface area contributed by atoms with Gasteiger partial charge in [-0.25, -0.2) is 19.2 Å². The van der Waals surface area contributed by atoms with Crippen LogP contribution in [0.2, 0.25) is 0 Å². The summed E-state index contributed by atoms with van der Waals surface area (Å²) in [7, 11) is -2.91. The summed E-state index contributed by atoms with van der Waals surface area (Å²) in [6.07, 6.45) is 3.07. The fraction of sp³-hybridized carbons (Fsp3) is 0.556. The molecule has 1 aliphatic heterocycles. The van der Waals surface area contributed by atoms with E-state index < -0.39 is 9.84 Å². The molecule has 1 atom stereocenters. The van der Waals surface area contributed by atoms with Crippen LogP contribution in [-0.4, -0.2) is 35.9 Å². The van der Waals surface area contributed by atoms with Gasteiger partial charge in [-0.05, 0) is 18.9 Å². The van der Waals surface area contributed by atoms with E-state index >= 15 is 0 Å². The summed E-state index contributed by atoms with van der Waals surface area (Å²) in [5, 5.41) is 3.09. The van der Waals surface area contributed by atoms with Gasteiger partial charge in [0.15, 0.2) is 9.84 Å². The number of nitrogens with zero attached hydrogens (tertiary/aromatic N) is 2. The first-order chi connectivity index (χ1) is 8.09. The van der Waals surface area contributed by atoms with Crippen LogP contribution in [0.1, 0.15) is 12.8 Å². The number of hydrazine groups is 1. The van der Waals surface area contributed by atoms with Gasteiger partial charge in [0.05, 0.1) is 11.5 Å². The number of aromatic nitrogens is 2. The molecule has 0 aromatic carbocycles. The van der Waals surface area contributed by atoms with Crippen molar-refractivity contribution in [3.8, 4) is 0 Å². The van der Waals surface area contributed by atoms with Crippen molar-refractivity contribution < 1.29 is 8.42 Å². The Morgan fingerprint density at radius 1 is 1.47 bits per heavy atom. The zero-order valence-corrected chi connectivity index (χ0v) is 10.1. The smallest absolute Gasteiger partial charge is 0.239 e. The van der Waals surface area contributed by atoms with E-state index in [2.05, 4.69) is 20.7 Å². The van der Waals surface area contributed by atoms with Crippen molar-refractivity contribution in [1.29, 1.82) is 0 Å². The fourth-order valence-corrected chi connectivity index (χ4v) is 3.49. The Morgan fingerprint density at radius 2 is 2.29 bits per heavy atom. The highest BCUT2D eigenvalue weighted by atomic mass is 32.2. The standard InChI is InChI=1S/C9H15N5O2S/c10-14-9-11-4-3-8(13-9)12-7-2-1-5-17(15,16)6-7/h3-4,7H,1-2,5-6,10H2,(H2,11,12,13,14). The minimum absolute atomic E-state index is 0.0886. The molecule has 0 amide bonds. The second kappa shape index (κ2) is 4.84. The second-order valence-electron chi connectivity index (χ2n) is 4.01. The number of anilines is 2. The van der Waals surface area contributed by atoms with E-state index in [1.807, 2.05) is 0 Å². The third kappa shape index (κ3) is 3.27. The molecule has 0 saturated carbocycles. The first-order valence-electron chi connectivity index (χ1n) is 5.36. The van der Waals surface area contributed by atoms with Crippen molar-refractivity contribution in [2.45, 2.75) is 18.9 Å². The summed E-state index contributed by atoms with van der Waals surface area (Å²) in [6, 6.07) is 1.59. The SMILES string of the molecule is NNc1nccc(NC2CCCS(=O)(=O)C2)n1. The Labute approximate surface area is 99.7 Å². The summed E-state index contributed by atoms with van der Waals surface area (Å²) in [5.74, 6) is 6.51. The van der Waals surface area contributed by atoms with Gasteiger partial charge >= 0.3 is 0 Å². The topological polar surface area (TPSA) is 110 Å². The summed E-state index contributed by atoms with van der Waals surface area (Å²) in [6.45, 7) is 0. The third-order valence-corrected chi connectivity index (χ3v) is 4.42. The lowest BCUT2D eigenvalue weighted by atomic mass is 10.2. The van der Waals surface area contributed by atoms with Crippen LogP contribution in [0.5, 0.6) is 0 Å². The second-order valence-corrected chi connectivity index (χ2v) is 6.24. The van der Waals surface area contributed by atoms with Crippen molar-refractivity contribution in [3.05, 3.63) is 12.3 Å². The average molecular weight is 257 g/mol. The first kappa shape index (κ1) is 12.1. The van der Waals surface area contributed by atoms with Crippen LogP contribution in [0.4, 0.5) is 11.8 Å². The van der Waals surface area contributed by atoms with Crippen molar-refractivity contribution in [1.82, 2.24) is 9.97 Å². The quantitative estimate of drug-likeness (QED) is 0.506. The van der Waals surface area contributed by atoms with Crippen LogP contribution in [0.3, 0.4) is 0 Å². The first-order valence-corrected chi connectivity index (χ1v) is 7.18. The molecule has 2 rings (SSSR count). The van der Waals surface area contributed by atoms with Crippen LogP contribution < -0.4 is 16.6 Å². The van der Waals surface area contributed by atoms with E-state index in [-0.39, 0.29) is 17.5 Å². The molecule has 0 radical (unpaired) electrons. The molecule has 1 aromatic rings. The van der Waals surface area contributed by atoms with Gasteiger partial charge in [-0.15, -0.1) is 0 Å². The van der Waals surface area contributed by atoms with Gasteiger partial charge in [0.2, 0.25) is 5.95 Å². The van der Waals surface area contributed by atoms with Crippen molar-refractivity contribution in [3.63, 3.8) is 0 Å². The largest absolute Gasteiger partial charge is 0.366 e. The summed E-state index contributed by atoms with van der Waals surface area (Å²) >= 11 is 0. The maximum Gasteiger partial charge on any atom is 0.239 e. The monoisotopic (exact) mass is 257 g/mol. The van der Waals surface area contributed by atoms with Gasteiger partial charge in [-0.2, -0.15) is 4.98 Å². The molecule has 1 aliphatic rings. The van der Waals surface area contributed by atoms with Crippen LogP contribution in [0.25, 0.3) is 0 Å². The molecule has 1 unspecified atom stereocenters. The molecular weight excluding hydrogens is 242 g/mol. The number of nitrogen functional groups attached to an aromatic ring is 1. The van der Waals surface area contributed by atoms with Gasteiger partial charge in [0.1, 0.15) is 5.82 Å². The molecule has 1 saturated heterocycles. The summed E-state index contributed by atoms with van der Waals surface area (Å²) < 4.78 is 22.9. The molecule has 1 aromatic heterocycles. The zero-order valence-electron chi connectivity index (χ0n) is 9.26. The zero-order chi connectivity index (χ0) is 12.3. The molecule has 4 N–H and O–H groups in total. The number of hydrogen-bond acceptors (Lipinski definition) is 7. The molecule has 7 nitrogen and oxygen atoms in total. The van der Waals surface area contributed by atoms with Gasteiger partial charge in [-0.1, -0.05) is 0 Å². The number of nitrogens with one attached hydrogen (secondary N) is 2. The van der Waals surface area contributed by atoms with Crippen molar-refractivity contribution in [2.24, 2.45) is 5.84 Å². The fourth-order valence-electron chi connectivity index (χ4n) is 1.85. The Balaban J connectivity index is 2.05. The molecule has 0 aliphatic carbocycles. The highest BCUT2D eigenvalue weighted by Gasteiger charge is 2.24. The third-order valence-electron chi connectivity index (χ3n) is 2.60. The molecular formula is C9H15N5O2S. The molecule has 2 heterocycles. The van der Waals surface area contributed by atoms with E-state index in [1.165, 1.54) is 0 Å². The Bertz CT molecular complexity index is 490. The van der Waals surface area contributed by atoms with Gasteiger partial charge < -0.3 is 5.32 Å². The normalized spacial score (nSPS) is 23.0. The number of hydrogen-bond donors (Lipinski definition) is 3. The van der Waals surface area contributed by atoms with Crippen LogP contribution in [-0.2, 0) is 9.84 Å². The van der Waals surface area contributed by atoms with Crippen molar-refractivity contribution >= 4 is 21.6 Å². The lowest BCUT2D eigenvalue weighted by molar-refractivity contribution is 0.561. The average Bonchev–Trinajstić information content (AvgIpc) is 2.28.